The van der Waals surface area contributed by atoms with E-state index in [-0.39, 0.29) is 17.8 Å². The zero-order chi connectivity index (χ0) is 26.0. The Morgan fingerprint density at radius 1 is 0.972 bits per heavy atom. The van der Waals surface area contributed by atoms with E-state index >= 15 is 0 Å². The van der Waals surface area contributed by atoms with E-state index in [9.17, 15) is 9.59 Å². The molecule has 0 spiro atoms. The molecule has 2 aromatic carbocycles. The van der Waals surface area contributed by atoms with Crippen molar-refractivity contribution in [3.8, 4) is 17.2 Å². The van der Waals surface area contributed by atoms with Crippen molar-refractivity contribution in [2.75, 3.05) is 21.3 Å². The highest BCUT2D eigenvalue weighted by Crippen LogP contribution is 2.48. The van der Waals surface area contributed by atoms with Crippen molar-refractivity contribution in [3.63, 3.8) is 0 Å². The maximum absolute atomic E-state index is 13.8. The van der Waals surface area contributed by atoms with Gasteiger partial charge < -0.3 is 24.3 Å². The monoisotopic (exact) mass is 491 g/mol. The molecule has 0 saturated carbocycles. The molecule has 7 nitrogen and oxygen atoms in total. The summed E-state index contributed by atoms with van der Waals surface area (Å²) >= 11 is 0. The predicted octanol–water partition coefficient (Wildman–Crippen LogP) is 5.03. The number of hydrogen-bond acceptors (Lipinski definition) is 7. The first-order chi connectivity index (χ1) is 17.3. The van der Waals surface area contributed by atoms with Gasteiger partial charge in [0.1, 0.15) is 5.75 Å². The van der Waals surface area contributed by atoms with Crippen LogP contribution < -0.4 is 19.5 Å². The molecular weight excluding hydrogens is 458 g/mol. The summed E-state index contributed by atoms with van der Waals surface area (Å²) in [6.45, 7) is 5.75. The second-order valence-electron chi connectivity index (χ2n) is 9.33. The number of methoxy groups -OCH3 is 3. The minimum Gasteiger partial charge on any atom is -0.493 e. The van der Waals surface area contributed by atoms with Crippen LogP contribution in [0.3, 0.4) is 0 Å². The second-order valence-corrected chi connectivity index (χ2v) is 9.33. The molecule has 1 heterocycles. The number of ketones is 1. The minimum atomic E-state index is -0.581. The summed E-state index contributed by atoms with van der Waals surface area (Å²) in [5, 5.41) is 3.37. The molecule has 7 heteroatoms. The molecule has 0 bridgehead atoms. The fraction of sp³-hybridized carbons (Fsp3) is 0.379. The van der Waals surface area contributed by atoms with Crippen LogP contribution in [-0.4, -0.2) is 39.2 Å². The van der Waals surface area contributed by atoms with E-state index in [1.54, 1.807) is 14.2 Å². The van der Waals surface area contributed by atoms with Crippen LogP contribution in [0.15, 0.2) is 65.0 Å². The van der Waals surface area contributed by atoms with Crippen LogP contribution in [0, 0.1) is 0 Å². The molecule has 0 amide bonds. The van der Waals surface area contributed by atoms with Crippen LogP contribution in [0.25, 0.3) is 0 Å². The Balaban J connectivity index is 1.81. The molecule has 1 aliphatic heterocycles. The number of Topliss-reactive ketones (excluding diaryl/α,β-unsaturated/α-hetero) is 1. The summed E-state index contributed by atoms with van der Waals surface area (Å²) in [5.74, 6) is 0.812. The molecule has 2 atom stereocenters. The number of ether oxygens (including phenoxy) is 4. The lowest BCUT2D eigenvalue weighted by Crippen LogP contribution is -2.36. The van der Waals surface area contributed by atoms with Gasteiger partial charge >= 0.3 is 5.97 Å². The number of allylic oxidation sites excluding steroid dienone is 3. The third-order valence-corrected chi connectivity index (χ3v) is 6.70. The molecule has 2 aliphatic rings. The highest BCUT2D eigenvalue weighted by molar-refractivity contribution is 6.04. The first-order valence-electron chi connectivity index (χ1n) is 12.1. The fourth-order valence-electron chi connectivity index (χ4n) is 5.15. The van der Waals surface area contributed by atoms with Crippen molar-refractivity contribution in [2.45, 2.75) is 51.6 Å². The number of hydrogen-bond donors (Lipinski definition) is 1. The molecule has 0 aromatic heterocycles. The number of para-hydroxylation sites is 1. The van der Waals surface area contributed by atoms with Gasteiger partial charge in [0, 0.05) is 29.0 Å². The molecule has 4 rings (SSSR count). The topological polar surface area (TPSA) is 83.1 Å². The number of rotatable bonds is 7. The van der Waals surface area contributed by atoms with E-state index in [1.165, 1.54) is 7.11 Å². The van der Waals surface area contributed by atoms with Crippen molar-refractivity contribution in [3.05, 3.63) is 76.1 Å². The molecule has 2 aromatic rings. The Labute approximate surface area is 212 Å². The van der Waals surface area contributed by atoms with Gasteiger partial charge in [-0.05, 0) is 56.9 Å². The summed E-state index contributed by atoms with van der Waals surface area (Å²) in [6, 6.07) is 13.3. The maximum atomic E-state index is 13.8. The standard InChI is InChI=1S/C29H33NO6/c1-16(2)36-23-10-8-7-9-20(23)27-26(29(32)35-6)17(3)30-21-13-19(14-22(31)28(21)27)18-11-12-24(33-4)25(15-18)34-5/h7-12,15-16,19,27,30H,13-14H2,1-6H3/t19-,27-/m1/s1. The molecule has 0 fully saturated rings. The van der Waals surface area contributed by atoms with Crippen LogP contribution in [-0.2, 0) is 14.3 Å². The molecule has 190 valence electrons. The normalized spacial score (nSPS) is 19.6. The van der Waals surface area contributed by atoms with Gasteiger partial charge in [-0.1, -0.05) is 24.3 Å². The summed E-state index contributed by atoms with van der Waals surface area (Å²) in [4.78, 5) is 26.8. The number of carbonyl (C=O) groups is 2. The van der Waals surface area contributed by atoms with E-state index in [0.29, 0.717) is 46.9 Å². The van der Waals surface area contributed by atoms with Crippen molar-refractivity contribution in [1.82, 2.24) is 5.32 Å². The van der Waals surface area contributed by atoms with Gasteiger partial charge in [-0.3, -0.25) is 4.79 Å². The Morgan fingerprint density at radius 2 is 1.69 bits per heavy atom. The van der Waals surface area contributed by atoms with Crippen LogP contribution in [0.2, 0.25) is 0 Å². The van der Waals surface area contributed by atoms with E-state index in [4.69, 9.17) is 18.9 Å². The number of esters is 1. The van der Waals surface area contributed by atoms with E-state index in [2.05, 4.69) is 5.32 Å². The summed E-state index contributed by atoms with van der Waals surface area (Å²) in [7, 11) is 4.55. The van der Waals surface area contributed by atoms with Crippen molar-refractivity contribution >= 4 is 11.8 Å². The average Bonchev–Trinajstić information content (AvgIpc) is 2.86. The highest BCUT2D eigenvalue weighted by atomic mass is 16.5. The lowest BCUT2D eigenvalue weighted by molar-refractivity contribution is -0.136. The van der Waals surface area contributed by atoms with Crippen LogP contribution in [0.1, 0.15) is 56.6 Å². The third kappa shape index (κ3) is 4.70. The SMILES string of the molecule is COC(=O)C1=C(C)NC2=C(C(=O)C[C@H](c3ccc(OC)c(OC)c3)C2)[C@@H]1c1ccccc1OC(C)C. The number of dihydropyridines is 1. The molecule has 0 unspecified atom stereocenters. The van der Waals surface area contributed by atoms with Crippen molar-refractivity contribution in [1.29, 1.82) is 0 Å². The molecular formula is C29H33NO6. The molecule has 0 saturated heterocycles. The van der Waals surface area contributed by atoms with E-state index in [1.807, 2.05) is 63.2 Å². The third-order valence-electron chi connectivity index (χ3n) is 6.70. The number of benzene rings is 2. The van der Waals surface area contributed by atoms with E-state index < -0.39 is 11.9 Å². The Hall–Kier alpha value is -3.74. The molecule has 1 aliphatic carbocycles. The quantitative estimate of drug-likeness (QED) is 0.544. The molecule has 36 heavy (non-hydrogen) atoms. The molecule has 1 N–H and O–H groups in total. The van der Waals surface area contributed by atoms with Gasteiger partial charge in [-0.25, -0.2) is 4.79 Å². The maximum Gasteiger partial charge on any atom is 0.336 e. The van der Waals surface area contributed by atoms with E-state index in [0.717, 1.165) is 16.8 Å². The Morgan fingerprint density at radius 3 is 2.36 bits per heavy atom. The van der Waals surface area contributed by atoms with Gasteiger partial charge in [0.2, 0.25) is 0 Å². The lowest BCUT2D eigenvalue weighted by Gasteiger charge is -2.37. The zero-order valence-corrected chi connectivity index (χ0v) is 21.6. The van der Waals surface area contributed by atoms with Gasteiger partial charge in [-0.15, -0.1) is 0 Å². The lowest BCUT2D eigenvalue weighted by atomic mass is 9.71. The van der Waals surface area contributed by atoms with Gasteiger partial charge in [0.25, 0.3) is 0 Å². The Kier molecular flexibility index (Phi) is 7.38. The van der Waals surface area contributed by atoms with Gasteiger partial charge in [-0.2, -0.15) is 0 Å². The van der Waals surface area contributed by atoms with Crippen molar-refractivity contribution in [2.24, 2.45) is 0 Å². The fourth-order valence-corrected chi connectivity index (χ4v) is 5.15. The van der Waals surface area contributed by atoms with Gasteiger partial charge in [0.15, 0.2) is 17.3 Å². The first-order valence-corrected chi connectivity index (χ1v) is 12.1. The zero-order valence-electron chi connectivity index (χ0n) is 21.6. The first kappa shape index (κ1) is 25.4. The minimum absolute atomic E-state index is 0.0122. The second kappa shape index (κ2) is 10.5. The number of nitrogens with one attached hydrogen (secondary N) is 1. The number of carbonyl (C=O) groups excluding carboxylic acids is 2. The summed E-state index contributed by atoms with van der Waals surface area (Å²) in [5.41, 5.74) is 4.28. The summed E-state index contributed by atoms with van der Waals surface area (Å²) < 4.78 is 22.1. The smallest absolute Gasteiger partial charge is 0.336 e. The highest BCUT2D eigenvalue weighted by Gasteiger charge is 2.42. The molecule has 0 radical (unpaired) electrons. The van der Waals surface area contributed by atoms with Crippen LogP contribution in [0.4, 0.5) is 0 Å². The van der Waals surface area contributed by atoms with Gasteiger partial charge in [0.05, 0.1) is 38.9 Å². The van der Waals surface area contributed by atoms with Crippen molar-refractivity contribution < 1.29 is 28.5 Å². The summed E-state index contributed by atoms with van der Waals surface area (Å²) in [6.07, 6.45) is 0.865. The van der Waals surface area contributed by atoms with Crippen LogP contribution >= 0.6 is 0 Å². The average molecular weight is 492 g/mol. The predicted molar refractivity (Wildman–Crippen MR) is 136 cm³/mol. The Bertz CT molecular complexity index is 1240. The largest absolute Gasteiger partial charge is 0.493 e. The van der Waals surface area contributed by atoms with Crippen LogP contribution in [0.5, 0.6) is 17.2 Å².